The first kappa shape index (κ1) is 15.1. The second-order valence-electron chi connectivity index (χ2n) is 4.68. The number of amides is 1. The zero-order valence-corrected chi connectivity index (χ0v) is 11.1. The van der Waals surface area contributed by atoms with Crippen molar-refractivity contribution in [2.45, 2.75) is 24.4 Å². The van der Waals surface area contributed by atoms with Gasteiger partial charge in [-0.1, -0.05) is 0 Å². The summed E-state index contributed by atoms with van der Waals surface area (Å²) in [5, 5.41) is -0.249. The Bertz CT molecular complexity index is 518. The Kier molecular flexibility index (Phi) is 4.22. The highest BCUT2D eigenvalue weighted by atomic mass is 35.5. The maximum absolute atomic E-state index is 13.6. The molecule has 1 aliphatic rings. The van der Waals surface area contributed by atoms with Crippen LogP contribution in [0.5, 0.6) is 0 Å². The van der Waals surface area contributed by atoms with Crippen molar-refractivity contribution in [2.75, 3.05) is 13.1 Å². The number of piperidine rings is 1. The number of halogens is 5. The first-order valence-corrected chi connectivity index (χ1v) is 6.53. The minimum absolute atomic E-state index is 0.218. The molecule has 0 aliphatic carbocycles. The Morgan fingerprint density at radius 3 is 2.65 bits per heavy atom. The van der Waals surface area contributed by atoms with E-state index in [0.717, 1.165) is 6.42 Å². The minimum Gasteiger partial charge on any atom is -0.337 e. The fourth-order valence-corrected chi connectivity index (χ4v) is 2.47. The topological polar surface area (TPSA) is 20.3 Å². The maximum atomic E-state index is 13.6. The van der Waals surface area contributed by atoms with E-state index < -0.39 is 29.0 Å². The van der Waals surface area contributed by atoms with Crippen LogP contribution in [-0.4, -0.2) is 29.3 Å². The maximum Gasteiger partial charge on any atom is 0.416 e. The summed E-state index contributed by atoms with van der Waals surface area (Å²) in [5.74, 6) is -1.71. The summed E-state index contributed by atoms with van der Waals surface area (Å²) in [6.45, 7) is 0.591. The third-order valence-electron chi connectivity index (χ3n) is 3.18. The number of rotatable bonds is 1. The summed E-state index contributed by atoms with van der Waals surface area (Å²) in [6.07, 6.45) is -3.23. The molecule has 1 aliphatic heterocycles. The molecule has 1 atom stereocenters. The van der Waals surface area contributed by atoms with Crippen molar-refractivity contribution in [3.63, 3.8) is 0 Å². The summed E-state index contributed by atoms with van der Waals surface area (Å²) in [7, 11) is 0. The van der Waals surface area contributed by atoms with Gasteiger partial charge in [-0.05, 0) is 31.0 Å². The molecule has 0 radical (unpaired) electrons. The van der Waals surface area contributed by atoms with E-state index in [4.69, 9.17) is 11.6 Å². The molecular formula is C13H12ClF4NO. The molecule has 1 fully saturated rings. The normalized spacial score (nSPS) is 20.1. The van der Waals surface area contributed by atoms with Crippen molar-refractivity contribution < 1.29 is 22.4 Å². The molecule has 1 unspecified atom stereocenters. The first-order valence-electron chi connectivity index (χ1n) is 6.09. The Labute approximate surface area is 118 Å². The number of hydrogen-bond acceptors (Lipinski definition) is 1. The molecule has 20 heavy (non-hydrogen) atoms. The molecule has 0 aromatic heterocycles. The van der Waals surface area contributed by atoms with Crippen LogP contribution >= 0.6 is 11.6 Å². The number of nitrogens with zero attached hydrogens (tertiary/aromatic N) is 1. The molecule has 1 amide bonds. The number of carbonyl (C=O) groups is 1. The monoisotopic (exact) mass is 309 g/mol. The van der Waals surface area contributed by atoms with Crippen LogP contribution in [0.1, 0.15) is 28.8 Å². The largest absolute Gasteiger partial charge is 0.416 e. The van der Waals surface area contributed by atoms with Gasteiger partial charge in [0.25, 0.3) is 5.91 Å². The van der Waals surface area contributed by atoms with E-state index in [2.05, 4.69) is 0 Å². The van der Waals surface area contributed by atoms with E-state index in [-0.39, 0.29) is 11.9 Å². The fourth-order valence-electron chi connectivity index (χ4n) is 2.15. The number of alkyl halides is 4. The molecule has 1 heterocycles. The van der Waals surface area contributed by atoms with Gasteiger partial charge in [0.2, 0.25) is 0 Å². The van der Waals surface area contributed by atoms with Gasteiger partial charge < -0.3 is 4.90 Å². The van der Waals surface area contributed by atoms with E-state index >= 15 is 0 Å². The molecule has 0 N–H and O–H groups in total. The molecule has 1 aromatic carbocycles. The molecule has 1 aromatic rings. The van der Waals surface area contributed by atoms with E-state index in [1.807, 2.05) is 0 Å². The average Bonchev–Trinajstić information content (AvgIpc) is 2.37. The van der Waals surface area contributed by atoms with Crippen molar-refractivity contribution >= 4 is 17.5 Å². The zero-order chi connectivity index (χ0) is 14.9. The van der Waals surface area contributed by atoms with Gasteiger partial charge in [-0.15, -0.1) is 11.6 Å². The Balaban J connectivity index is 2.29. The number of benzene rings is 1. The van der Waals surface area contributed by atoms with Crippen LogP contribution in [0.3, 0.4) is 0 Å². The van der Waals surface area contributed by atoms with Crippen LogP contribution in [0.15, 0.2) is 18.2 Å². The highest BCUT2D eigenvalue weighted by Crippen LogP contribution is 2.31. The minimum atomic E-state index is -4.61. The predicted molar refractivity (Wildman–Crippen MR) is 66.2 cm³/mol. The second kappa shape index (κ2) is 5.60. The Morgan fingerprint density at radius 1 is 1.35 bits per heavy atom. The van der Waals surface area contributed by atoms with Crippen molar-refractivity contribution in [3.8, 4) is 0 Å². The van der Waals surface area contributed by atoms with Gasteiger partial charge in [0.05, 0.1) is 16.5 Å². The lowest BCUT2D eigenvalue weighted by Crippen LogP contribution is -2.40. The van der Waals surface area contributed by atoms with E-state index in [1.54, 1.807) is 0 Å². The lowest BCUT2D eigenvalue weighted by molar-refractivity contribution is -0.137. The van der Waals surface area contributed by atoms with Gasteiger partial charge in [-0.25, -0.2) is 4.39 Å². The van der Waals surface area contributed by atoms with E-state index in [9.17, 15) is 22.4 Å². The average molecular weight is 310 g/mol. The lowest BCUT2D eigenvalue weighted by Gasteiger charge is -2.30. The highest BCUT2D eigenvalue weighted by molar-refractivity contribution is 6.21. The van der Waals surface area contributed by atoms with Crippen LogP contribution in [0.25, 0.3) is 0 Å². The third-order valence-corrected chi connectivity index (χ3v) is 3.53. The molecule has 110 valence electrons. The quantitative estimate of drug-likeness (QED) is 0.572. The molecule has 0 bridgehead atoms. The molecule has 1 saturated heterocycles. The summed E-state index contributed by atoms with van der Waals surface area (Å²) in [6, 6.07) is 1.83. The van der Waals surface area contributed by atoms with E-state index in [1.165, 1.54) is 4.90 Å². The Hall–Kier alpha value is -1.30. The summed E-state index contributed by atoms with van der Waals surface area (Å²) < 4.78 is 51.4. The second-order valence-corrected chi connectivity index (χ2v) is 5.30. The van der Waals surface area contributed by atoms with Crippen molar-refractivity contribution in [1.82, 2.24) is 4.90 Å². The summed E-state index contributed by atoms with van der Waals surface area (Å²) in [4.78, 5) is 13.4. The first-order chi connectivity index (χ1) is 9.29. The molecular weight excluding hydrogens is 298 g/mol. The molecule has 7 heteroatoms. The van der Waals surface area contributed by atoms with Gasteiger partial charge >= 0.3 is 6.18 Å². The SMILES string of the molecule is O=C(c1cc(C(F)(F)F)ccc1F)N1CCCC(Cl)C1. The fraction of sp³-hybridized carbons (Fsp3) is 0.462. The lowest BCUT2D eigenvalue weighted by atomic mass is 10.1. The number of carbonyl (C=O) groups excluding carboxylic acids is 1. The van der Waals surface area contributed by atoms with Crippen LogP contribution in [0, 0.1) is 5.82 Å². The van der Waals surface area contributed by atoms with Crippen molar-refractivity contribution in [3.05, 3.63) is 35.1 Å². The smallest absolute Gasteiger partial charge is 0.337 e. The van der Waals surface area contributed by atoms with Crippen LogP contribution in [-0.2, 0) is 6.18 Å². The van der Waals surface area contributed by atoms with Gasteiger partial charge in [0.1, 0.15) is 5.82 Å². The van der Waals surface area contributed by atoms with Crippen LogP contribution < -0.4 is 0 Å². The Morgan fingerprint density at radius 2 is 2.05 bits per heavy atom. The molecule has 0 saturated carbocycles. The molecule has 2 nitrogen and oxygen atoms in total. The van der Waals surface area contributed by atoms with E-state index in [0.29, 0.717) is 31.2 Å². The van der Waals surface area contributed by atoms with Crippen molar-refractivity contribution in [1.29, 1.82) is 0 Å². The molecule has 0 spiro atoms. The van der Waals surface area contributed by atoms with Gasteiger partial charge in [-0.3, -0.25) is 4.79 Å². The highest BCUT2D eigenvalue weighted by Gasteiger charge is 2.33. The van der Waals surface area contributed by atoms with Crippen LogP contribution in [0.4, 0.5) is 17.6 Å². The summed E-state index contributed by atoms with van der Waals surface area (Å²) in [5.41, 5.74) is -1.60. The van der Waals surface area contributed by atoms with Gasteiger partial charge in [-0.2, -0.15) is 13.2 Å². The number of hydrogen-bond donors (Lipinski definition) is 0. The number of likely N-dealkylation sites (tertiary alicyclic amines) is 1. The van der Waals surface area contributed by atoms with Gasteiger partial charge in [0.15, 0.2) is 0 Å². The standard InChI is InChI=1S/C13H12ClF4NO/c14-9-2-1-5-19(7-9)12(20)10-6-8(13(16,17)18)3-4-11(10)15/h3-4,6,9H,1-2,5,7H2. The molecule has 2 rings (SSSR count). The van der Waals surface area contributed by atoms with Crippen molar-refractivity contribution in [2.24, 2.45) is 0 Å². The summed E-state index contributed by atoms with van der Waals surface area (Å²) >= 11 is 5.92. The third kappa shape index (κ3) is 3.23. The van der Waals surface area contributed by atoms with Crippen LogP contribution in [0.2, 0.25) is 0 Å². The zero-order valence-electron chi connectivity index (χ0n) is 10.4. The predicted octanol–water partition coefficient (Wildman–Crippen LogP) is 3.69. The van der Waals surface area contributed by atoms with Gasteiger partial charge in [0, 0.05) is 13.1 Å².